The largest absolute Gasteiger partial charge is 0.445 e. The van der Waals surface area contributed by atoms with Crippen LogP contribution in [0.15, 0.2) is 85.3 Å². The maximum atomic E-state index is 14.7. The third-order valence-corrected chi connectivity index (χ3v) is 6.83. The van der Waals surface area contributed by atoms with Gasteiger partial charge < -0.3 is 15.8 Å². The van der Waals surface area contributed by atoms with Crippen LogP contribution in [0.1, 0.15) is 34.2 Å². The van der Waals surface area contributed by atoms with Crippen LogP contribution in [-0.2, 0) is 11.3 Å². The quantitative estimate of drug-likeness (QED) is 0.315. The van der Waals surface area contributed by atoms with Gasteiger partial charge in [0.1, 0.15) is 35.6 Å². The first-order valence-corrected chi connectivity index (χ1v) is 12.9. The van der Waals surface area contributed by atoms with Crippen molar-refractivity contribution in [1.82, 2.24) is 29.5 Å². The third-order valence-electron chi connectivity index (χ3n) is 6.83. The maximum Gasteiger partial charge on any atom is 0.410 e. The molecule has 0 aliphatic carbocycles. The van der Waals surface area contributed by atoms with Gasteiger partial charge in [-0.3, -0.25) is 14.1 Å². The van der Waals surface area contributed by atoms with Gasteiger partial charge in [0.2, 0.25) is 0 Å². The molecule has 6 rings (SSSR count). The van der Waals surface area contributed by atoms with E-state index in [2.05, 4.69) is 20.5 Å². The standard InChI is InChI=1S/C29H25FN8O3/c30-21-15-22(38(16-21)29(40)41-17-18-5-2-1-3-6-18)27-35-24(25-26(31)32-13-14-37(25)27)19-8-10-20(11-9-19)28(39)34-23-7-4-12-33-36-23/h1-14,21-22H,15-17H2,(H2,31,32)(H,34,36,39)/t21-,22+/m1/s1. The van der Waals surface area contributed by atoms with Crippen molar-refractivity contribution in [2.45, 2.75) is 25.2 Å². The van der Waals surface area contributed by atoms with E-state index < -0.39 is 18.3 Å². The van der Waals surface area contributed by atoms with Crippen molar-refractivity contribution in [3.63, 3.8) is 0 Å². The number of nitrogens with one attached hydrogen (secondary N) is 1. The number of imidazole rings is 1. The summed E-state index contributed by atoms with van der Waals surface area (Å²) < 4.78 is 22.0. The summed E-state index contributed by atoms with van der Waals surface area (Å²) in [6, 6.07) is 18.7. The number of halogens is 1. The molecule has 0 radical (unpaired) electrons. The number of rotatable bonds is 6. The Hall–Kier alpha value is -5.39. The van der Waals surface area contributed by atoms with Crippen molar-refractivity contribution in [3.8, 4) is 11.3 Å². The summed E-state index contributed by atoms with van der Waals surface area (Å²) in [5, 5.41) is 10.3. The average molecular weight is 553 g/mol. The van der Waals surface area contributed by atoms with E-state index in [0.717, 1.165) is 5.56 Å². The fourth-order valence-corrected chi connectivity index (χ4v) is 4.89. The summed E-state index contributed by atoms with van der Waals surface area (Å²) in [7, 11) is 0. The molecule has 1 aliphatic heterocycles. The highest BCUT2D eigenvalue weighted by Gasteiger charge is 2.40. The molecule has 3 N–H and O–H groups in total. The van der Waals surface area contributed by atoms with Gasteiger partial charge in [-0.15, -0.1) is 5.10 Å². The fourth-order valence-electron chi connectivity index (χ4n) is 4.89. The Kier molecular flexibility index (Phi) is 6.94. The lowest BCUT2D eigenvalue weighted by atomic mass is 10.1. The molecule has 0 bridgehead atoms. The van der Waals surface area contributed by atoms with E-state index in [4.69, 9.17) is 15.5 Å². The topological polar surface area (TPSA) is 141 Å². The molecule has 11 nitrogen and oxygen atoms in total. The summed E-state index contributed by atoms with van der Waals surface area (Å²) >= 11 is 0. The minimum Gasteiger partial charge on any atom is -0.445 e. The summed E-state index contributed by atoms with van der Waals surface area (Å²) in [5.41, 5.74) is 9.17. The van der Waals surface area contributed by atoms with Crippen LogP contribution in [0.5, 0.6) is 0 Å². The Morgan fingerprint density at radius 2 is 1.85 bits per heavy atom. The second kappa shape index (κ2) is 11.0. The maximum absolute atomic E-state index is 14.7. The third kappa shape index (κ3) is 5.26. The van der Waals surface area contributed by atoms with E-state index in [1.54, 1.807) is 47.0 Å². The second-order valence-electron chi connectivity index (χ2n) is 9.53. The molecule has 2 amide bonds. The number of amides is 2. The molecule has 3 aromatic heterocycles. The van der Waals surface area contributed by atoms with E-state index in [1.165, 1.54) is 17.3 Å². The first kappa shape index (κ1) is 25.9. The number of likely N-dealkylation sites (tertiary alicyclic amines) is 1. The van der Waals surface area contributed by atoms with Gasteiger partial charge in [-0.2, -0.15) is 5.10 Å². The van der Waals surface area contributed by atoms with Crippen LogP contribution in [0.2, 0.25) is 0 Å². The fraction of sp³-hybridized carbons (Fsp3) is 0.172. The molecule has 1 saturated heterocycles. The Balaban J connectivity index is 1.29. The smallest absolute Gasteiger partial charge is 0.410 e. The summed E-state index contributed by atoms with van der Waals surface area (Å²) in [6.07, 6.45) is 2.91. The van der Waals surface area contributed by atoms with Crippen molar-refractivity contribution in [2.24, 2.45) is 0 Å². The number of nitrogen functional groups attached to an aromatic ring is 1. The highest BCUT2D eigenvalue weighted by atomic mass is 19.1. The molecule has 1 aliphatic rings. The van der Waals surface area contributed by atoms with Crippen LogP contribution in [0.3, 0.4) is 0 Å². The Morgan fingerprint density at radius 3 is 2.61 bits per heavy atom. The van der Waals surface area contributed by atoms with Crippen LogP contribution in [0.25, 0.3) is 16.8 Å². The summed E-state index contributed by atoms with van der Waals surface area (Å²) in [5.74, 6) is 0.641. The second-order valence-corrected chi connectivity index (χ2v) is 9.53. The molecule has 0 saturated carbocycles. The number of hydrogen-bond donors (Lipinski definition) is 2. The van der Waals surface area contributed by atoms with Crippen molar-refractivity contribution >= 4 is 29.2 Å². The number of carbonyl (C=O) groups is 2. The Labute approximate surface area is 233 Å². The number of alkyl halides is 1. The van der Waals surface area contributed by atoms with Gasteiger partial charge in [-0.1, -0.05) is 42.5 Å². The zero-order chi connectivity index (χ0) is 28.3. The normalized spacial score (nSPS) is 16.6. The van der Waals surface area contributed by atoms with E-state index in [9.17, 15) is 14.0 Å². The van der Waals surface area contributed by atoms with E-state index >= 15 is 0 Å². The first-order valence-electron chi connectivity index (χ1n) is 12.9. The van der Waals surface area contributed by atoms with Crippen molar-refractivity contribution in [3.05, 3.63) is 102 Å². The summed E-state index contributed by atoms with van der Waals surface area (Å²) in [6.45, 7) is -0.0419. The number of ether oxygens (including phenoxy) is 1. The predicted molar refractivity (Wildman–Crippen MR) is 148 cm³/mol. The zero-order valence-corrected chi connectivity index (χ0v) is 21.7. The number of fused-ring (bicyclic) bond motifs is 1. The highest BCUT2D eigenvalue weighted by Crippen LogP contribution is 2.37. The van der Waals surface area contributed by atoms with Crippen molar-refractivity contribution in [2.75, 3.05) is 17.6 Å². The minimum absolute atomic E-state index is 0.0582. The molecule has 12 heteroatoms. The van der Waals surface area contributed by atoms with E-state index in [1.807, 2.05) is 30.3 Å². The van der Waals surface area contributed by atoms with Crippen LogP contribution in [-0.4, -0.2) is 54.2 Å². The van der Waals surface area contributed by atoms with Gasteiger partial charge in [-0.05, 0) is 29.8 Å². The van der Waals surface area contributed by atoms with Crippen LogP contribution < -0.4 is 11.1 Å². The molecule has 41 heavy (non-hydrogen) atoms. The lowest BCUT2D eigenvalue weighted by Crippen LogP contribution is -2.32. The van der Waals surface area contributed by atoms with Crippen molar-refractivity contribution in [1.29, 1.82) is 0 Å². The monoisotopic (exact) mass is 552 g/mol. The molecule has 206 valence electrons. The Morgan fingerprint density at radius 1 is 1.05 bits per heavy atom. The van der Waals surface area contributed by atoms with Crippen LogP contribution in [0.4, 0.5) is 20.8 Å². The zero-order valence-electron chi connectivity index (χ0n) is 21.7. The number of nitrogens with two attached hydrogens (primary N) is 1. The number of hydrogen-bond acceptors (Lipinski definition) is 8. The minimum atomic E-state index is -1.24. The van der Waals surface area contributed by atoms with Crippen LogP contribution in [0, 0.1) is 0 Å². The van der Waals surface area contributed by atoms with E-state index in [-0.39, 0.29) is 31.3 Å². The molecule has 2 aromatic carbocycles. The SMILES string of the molecule is Nc1nccn2c([C@@H]3C[C@@H](F)CN3C(=O)OCc3ccccc3)nc(-c3ccc(C(=O)Nc4cccnn4)cc3)c12. The number of aromatic nitrogens is 5. The predicted octanol–water partition coefficient (Wildman–Crippen LogP) is 4.44. The molecule has 4 heterocycles. The molecular weight excluding hydrogens is 527 g/mol. The lowest BCUT2D eigenvalue weighted by Gasteiger charge is -2.23. The first-order chi connectivity index (χ1) is 20.0. The molecule has 0 spiro atoms. The highest BCUT2D eigenvalue weighted by molar-refractivity contribution is 6.04. The molecule has 2 atom stereocenters. The van der Waals surface area contributed by atoms with E-state index in [0.29, 0.717) is 34.0 Å². The average Bonchev–Trinajstić information content (AvgIpc) is 3.58. The van der Waals surface area contributed by atoms with Gasteiger partial charge in [0, 0.05) is 36.1 Å². The molecular formula is C29H25FN8O3. The van der Waals surface area contributed by atoms with Crippen LogP contribution >= 0.6 is 0 Å². The molecule has 0 unspecified atom stereocenters. The molecule has 5 aromatic rings. The van der Waals surface area contributed by atoms with Gasteiger partial charge in [0.15, 0.2) is 5.82 Å². The van der Waals surface area contributed by atoms with Crippen molar-refractivity contribution < 1.29 is 18.7 Å². The van der Waals surface area contributed by atoms with Gasteiger partial charge in [0.25, 0.3) is 5.91 Å². The number of carbonyl (C=O) groups excluding carboxylic acids is 2. The number of benzene rings is 2. The van der Waals surface area contributed by atoms with Gasteiger partial charge >= 0.3 is 6.09 Å². The number of nitrogens with zero attached hydrogens (tertiary/aromatic N) is 6. The molecule has 1 fully saturated rings. The lowest BCUT2D eigenvalue weighted by molar-refractivity contribution is 0.0893. The van der Waals surface area contributed by atoms with Gasteiger partial charge in [-0.25, -0.2) is 19.2 Å². The number of anilines is 2. The summed E-state index contributed by atoms with van der Waals surface area (Å²) in [4.78, 5) is 36.2. The van der Waals surface area contributed by atoms with Gasteiger partial charge in [0.05, 0.1) is 12.6 Å². The Bertz CT molecular complexity index is 1700.